The van der Waals surface area contributed by atoms with Crippen molar-refractivity contribution in [2.45, 2.75) is 30.0 Å². The largest absolute Gasteiger partial charge is 0.495 e. The van der Waals surface area contributed by atoms with Gasteiger partial charge in [0.25, 0.3) is 0 Å². The number of sulfonamides is 1. The first-order valence-corrected chi connectivity index (χ1v) is 14.2. The van der Waals surface area contributed by atoms with Crippen LogP contribution in [0.25, 0.3) is 11.0 Å². The number of alkyl halides is 3. The first kappa shape index (κ1) is 28.4. The normalized spacial score (nSPS) is 18.2. The summed E-state index contributed by atoms with van der Waals surface area (Å²) >= 11 is 0. The number of aromatic amines is 1. The van der Waals surface area contributed by atoms with Gasteiger partial charge in [-0.3, -0.25) is 4.90 Å². The number of piperidine rings is 1. The molecule has 2 saturated heterocycles. The molecule has 2 fully saturated rings. The number of morpholine rings is 1. The van der Waals surface area contributed by atoms with Crippen molar-refractivity contribution in [1.82, 2.24) is 19.2 Å². The average Bonchev–Trinajstić information content (AvgIpc) is 3.38. The van der Waals surface area contributed by atoms with Crippen LogP contribution in [0.1, 0.15) is 18.4 Å². The maximum Gasteiger partial charge on any atom is 0.418 e. The van der Waals surface area contributed by atoms with Gasteiger partial charge in [-0.05, 0) is 12.8 Å². The molecule has 0 amide bonds. The van der Waals surface area contributed by atoms with Crippen LogP contribution in [0.15, 0.2) is 29.3 Å². The van der Waals surface area contributed by atoms with Gasteiger partial charge in [0.15, 0.2) is 0 Å². The standard InChI is InChI=1S/C25H30F4N6O4S/c1-30-19-12-22(33-24-23(19)16(14-31-24)25(27,28)29)32-18-11-17(26)21(13-20(18)38-2)40(36,37)35-5-3-15(4-6-35)34-7-9-39-10-8-34/h11-15H,3-10H2,1-2H3,(H3,30,31,32,33). The van der Waals surface area contributed by atoms with E-state index in [9.17, 15) is 21.6 Å². The molecule has 4 heterocycles. The number of fused-ring (bicyclic) bond motifs is 1. The molecule has 2 aromatic heterocycles. The van der Waals surface area contributed by atoms with Crippen molar-refractivity contribution in [3.63, 3.8) is 0 Å². The number of hydrogen-bond acceptors (Lipinski definition) is 8. The van der Waals surface area contributed by atoms with Gasteiger partial charge in [0, 0.05) is 69.4 Å². The summed E-state index contributed by atoms with van der Waals surface area (Å²) in [6.45, 7) is 3.45. The highest BCUT2D eigenvalue weighted by Crippen LogP contribution is 2.40. The van der Waals surface area contributed by atoms with Crippen molar-refractivity contribution < 1.29 is 35.5 Å². The zero-order chi connectivity index (χ0) is 28.7. The summed E-state index contributed by atoms with van der Waals surface area (Å²) in [5.41, 5.74) is -0.722. The van der Waals surface area contributed by atoms with Gasteiger partial charge in [0.05, 0.1) is 37.0 Å². The van der Waals surface area contributed by atoms with E-state index in [1.54, 1.807) is 0 Å². The topological polar surface area (TPSA) is 112 Å². The van der Waals surface area contributed by atoms with Gasteiger partial charge in [0.2, 0.25) is 10.0 Å². The molecule has 10 nitrogen and oxygen atoms in total. The fourth-order valence-corrected chi connectivity index (χ4v) is 6.82. The molecule has 15 heteroatoms. The Bertz CT molecular complexity index is 1480. The maximum absolute atomic E-state index is 15.3. The highest BCUT2D eigenvalue weighted by atomic mass is 32.2. The zero-order valence-electron chi connectivity index (χ0n) is 21.9. The lowest BCUT2D eigenvalue weighted by molar-refractivity contribution is -0.136. The van der Waals surface area contributed by atoms with Crippen molar-refractivity contribution in [2.75, 3.05) is 64.2 Å². The van der Waals surface area contributed by atoms with Gasteiger partial charge in [-0.1, -0.05) is 0 Å². The number of nitrogens with zero attached hydrogens (tertiary/aromatic N) is 3. The highest BCUT2D eigenvalue weighted by Gasteiger charge is 2.36. The fourth-order valence-electron chi connectivity index (χ4n) is 5.29. The first-order chi connectivity index (χ1) is 19.0. The molecular formula is C25H30F4N6O4S. The van der Waals surface area contributed by atoms with Crippen LogP contribution in [0.5, 0.6) is 5.75 Å². The number of ether oxygens (including phenoxy) is 2. The Morgan fingerprint density at radius 3 is 2.42 bits per heavy atom. The molecule has 0 bridgehead atoms. The number of halogens is 4. The quantitative estimate of drug-likeness (QED) is 0.357. The summed E-state index contributed by atoms with van der Waals surface area (Å²) in [7, 11) is -1.38. The fraction of sp³-hybridized carbons (Fsp3) is 0.480. The third kappa shape index (κ3) is 5.42. The van der Waals surface area contributed by atoms with E-state index in [0.29, 0.717) is 26.1 Å². The molecule has 2 aliphatic heterocycles. The minimum absolute atomic E-state index is 0.0264. The van der Waals surface area contributed by atoms with Crippen molar-refractivity contribution in [1.29, 1.82) is 0 Å². The summed E-state index contributed by atoms with van der Waals surface area (Å²) in [6, 6.07) is 3.68. The van der Waals surface area contributed by atoms with Crippen LogP contribution in [-0.4, -0.2) is 87.2 Å². The third-order valence-electron chi connectivity index (χ3n) is 7.34. The molecule has 3 N–H and O–H groups in total. The number of aromatic nitrogens is 2. The summed E-state index contributed by atoms with van der Waals surface area (Å²) in [5.74, 6) is -0.878. The molecule has 0 radical (unpaired) electrons. The Hall–Kier alpha value is -3.14. The average molecular weight is 587 g/mol. The molecule has 218 valence electrons. The van der Waals surface area contributed by atoms with E-state index in [4.69, 9.17) is 9.47 Å². The number of H-pyrrole nitrogens is 1. The number of benzene rings is 1. The van der Waals surface area contributed by atoms with E-state index < -0.39 is 32.5 Å². The van der Waals surface area contributed by atoms with Crippen molar-refractivity contribution in [3.8, 4) is 5.75 Å². The van der Waals surface area contributed by atoms with Crippen LogP contribution in [0.3, 0.4) is 0 Å². The van der Waals surface area contributed by atoms with Crippen molar-refractivity contribution in [3.05, 3.63) is 35.8 Å². The number of anilines is 3. The molecule has 0 atom stereocenters. The van der Waals surface area contributed by atoms with Gasteiger partial charge in [0.1, 0.15) is 27.9 Å². The SMILES string of the molecule is CNc1cc(Nc2cc(F)c(S(=O)(=O)N3CCC(N4CCOCC4)CC3)cc2OC)nc2[nH]cc(C(F)(F)F)c12. The molecule has 5 rings (SSSR count). The van der Waals surface area contributed by atoms with Crippen LogP contribution in [0.2, 0.25) is 0 Å². The molecular weight excluding hydrogens is 556 g/mol. The van der Waals surface area contributed by atoms with Crippen LogP contribution in [-0.2, 0) is 20.9 Å². The maximum atomic E-state index is 15.3. The molecule has 40 heavy (non-hydrogen) atoms. The molecule has 0 saturated carbocycles. The van der Waals surface area contributed by atoms with Crippen LogP contribution >= 0.6 is 0 Å². The number of rotatable bonds is 7. The highest BCUT2D eigenvalue weighted by molar-refractivity contribution is 7.89. The van der Waals surface area contributed by atoms with Crippen molar-refractivity contribution >= 4 is 38.2 Å². The lowest BCUT2D eigenvalue weighted by Crippen LogP contribution is -2.50. The molecule has 1 aromatic carbocycles. The molecule has 0 aliphatic carbocycles. The van der Waals surface area contributed by atoms with Gasteiger partial charge in [-0.15, -0.1) is 0 Å². The Labute approximate surface area is 228 Å². The van der Waals surface area contributed by atoms with Crippen LogP contribution in [0.4, 0.5) is 34.8 Å². The van der Waals surface area contributed by atoms with E-state index >= 15 is 4.39 Å². The monoisotopic (exact) mass is 586 g/mol. The number of pyridine rings is 1. The lowest BCUT2D eigenvalue weighted by Gasteiger charge is -2.39. The molecule has 0 spiro atoms. The van der Waals surface area contributed by atoms with E-state index in [-0.39, 0.29) is 53.1 Å². The molecule has 0 unspecified atom stereocenters. The van der Waals surface area contributed by atoms with E-state index in [2.05, 4.69) is 25.5 Å². The number of methoxy groups -OCH3 is 1. The summed E-state index contributed by atoms with van der Waals surface area (Å²) < 4.78 is 94.4. The Morgan fingerprint density at radius 1 is 1.10 bits per heavy atom. The third-order valence-corrected chi connectivity index (χ3v) is 9.25. The van der Waals surface area contributed by atoms with Crippen molar-refractivity contribution in [2.24, 2.45) is 0 Å². The van der Waals surface area contributed by atoms with E-state index in [1.807, 2.05) is 0 Å². The Kier molecular flexibility index (Phi) is 7.83. The van der Waals surface area contributed by atoms with Crippen LogP contribution in [0, 0.1) is 5.82 Å². The number of hydrogen-bond donors (Lipinski definition) is 3. The Morgan fingerprint density at radius 2 is 1.80 bits per heavy atom. The second-order valence-electron chi connectivity index (χ2n) is 9.62. The minimum atomic E-state index is -4.59. The molecule has 3 aromatic rings. The lowest BCUT2D eigenvalue weighted by atomic mass is 10.0. The number of nitrogens with one attached hydrogen (secondary N) is 3. The summed E-state index contributed by atoms with van der Waals surface area (Å²) in [5, 5.41) is 5.42. The predicted octanol–water partition coefficient (Wildman–Crippen LogP) is 4.00. The van der Waals surface area contributed by atoms with Gasteiger partial charge >= 0.3 is 6.18 Å². The smallest absolute Gasteiger partial charge is 0.418 e. The second kappa shape index (κ2) is 11.0. The Balaban J connectivity index is 1.39. The van der Waals surface area contributed by atoms with E-state index in [0.717, 1.165) is 31.4 Å². The minimum Gasteiger partial charge on any atom is -0.495 e. The zero-order valence-corrected chi connectivity index (χ0v) is 22.8. The summed E-state index contributed by atoms with van der Waals surface area (Å²) in [4.78, 5) is 8.49. The second-order valence-corrected chi connectivity index (χ2v) is 11.5. The van der Waals surface area contributed by atoms with Gasteiger partial charge < -0.3 is 25.1 Å². The summed E-state index contributed by atoms with van der Waals surface area (Å²) in [6.07, 6.45) is -2.50. The van der Waals surface area contributed by atoms with Gasteiger partial charge in [-0.25, -0.2) is 17.8 Å². The van der Waals surface area contributed by atoms with Crippen LogP contribution < -0.4 is 15.4 Å². The predicted molar refractivity (Wildman–Crippen MR) is 141 cm³/mol. The first-order valence-electron chi connectivity index (χ1n) is 12.8. The van der Waals surface area contributed by atoms with E-state index in [1.165, 1.54) is 24.5 Å². The van der Waals surface area contributed by atoms with Gasteiger partial charge in [-0.2, -0.15) is 17.5 Å². The molecule has 2 aliphatic rings.